The van der Waals surface area contributed by atoms with Gasteiger partial charge in [-0.05, 0) is 68.5 Å². The molecule has 0 unspecified atom stereocenters. The van der Waals surface area contributed by atoms with Crippen LogP contribution in [0.1, 0.15) is 36.0 Å². The molecule has 1 aromatic carbocycles. The predicted molar refractivity (Wildman–Crippen MR) is 134 cm³/mol. The molecular weight excluding hydrogens is 531 g/mol. The van der Waals surface area contributed by atoms with Crippen LogP contribution in [0.2, 0.25) is 0 Å². The van der Waals surface area contributed by atoms with Crippen molar-refractivity contribution in [2.24, 2.45) is 10.9 Å². The zero-order valence-corrected chi connectivity index (χ0v) is 21.3. The molecule has 9 heteroatoms. The van der Waals surface area contributed by atoms with E-state index in [-0.39, 0.29) is 29.8 Å². The Hall–Kier alpha value is -1.33. The number of likely N-dealkylation sites (tertiary alicyclic amines) is 1. The van der Waals surface area contributed by atoms with Crippen molar-refractivity contribution >= 4 is 41.3 Å². The quantitative estimate of drug-likeness (QED) is 0.287. The fourth-order valence-corrected chi connectivity index (χ4v) is 4.41. The molecule has 2 N–H and O–H groups in total. The average molecular weight is 564 g/mol. The molecule has 5 nitrogen and oxygen atoms in total. The summed E-state index contributed by atoms with van der Waals surface area (Å²) in [5.41, 5.74) is 1.56. The number of aryl methyl sites for hydroxylation is 1. The number of guanidine groups is 1. The van der Waals surface area contributed by atoms with Crippen molar-refractivity contribution in [3.63, 3.8) is 0 Å². The number of hydrogen-bond acceptors (Lipinski definition) is 4. The minimum atomic E-state index is -0.416. The van der Waals surface area contributed by atoms with Gasteiger partial charge in [-0.2, -0.15) is 0 Å². The van der Waals surface area contributed by atoms with E-state index in [1.165, 1.54) is 22.8 Å². The fraction of sp³-hybridized carbons (Fsp3) is 0.545. The molecule has 0 saturated carbocycles. The van der Waals surface area contributed by atoms with Crippen molar-refractivity contribution in [1.29, 1.82) is 0 Å². The number of rotatable bonds is 8. The maximum absolute atomic E-state index is 13.7. The average Bonchev–Trinajstić information content (AvgIpc) is 3.21. The van der Waals surface area contributed by atoms with Crippen molar-refractivity contribution in [1.82, 2.24) is 20.5 Å². The summed E-state index contributed by atoms with van der Waals surface area (Å²) in [6.07, 6.45) is 3.69. The molecule has 0 amide bonds. The van der Waals surface area contributed by atoms with Crippen molar-refractivity contribution in [2.75, 3.05) is 33.2 Å². The molecular formula is C22H32F2IN5S. The van der Waals surface area contributed by atoms with Crippen molar-refractivity contribution < 1.29 is 8.78 Å². The lowest BCUT2D eigenvalue weighted by Crippen LogP contribution is -2.43. The van der Waals surface area contributed by atoms with E-state index in [2.05, 4.69) is 37.8 Å². The number of piperidine rings is 1. The zero-order valence-electron chi connectivity index (χ0n) is 18.2. The highest BCUT2D eigenvalue weighted by molar-refractivity contribution is 14.0. The summed E-state index contributed by atoms with van der Waals surface area (Å²) in [6.45, 7) is 6.59. The van der Waals surface area contributed by atoms with Crippen LogP contribution < -0.4 is 10.6 Å². The standard InChI is InChI=1S/C22H31F2N5S.HI/c1-3-21-28-19(15-30-21)14-29-10-7-16(8-11-29)13-27-22(25-2)26-9-6-17-12-18(23)4-5-20(17)24;/h4-5,12,15-16H,3,6-11,13-14H2,1-2H3,(H2,25,26,27);1H. The number of benzene rings is 1. The van der Waals surface area contributed by atoms with E-state index < -0.39 is 5.82 Å². The summed E-state index contributed by atoms with van der Waals surface area (Å²) in [4.78, 5) is 11.4. The molecule has 0 bridgehead atoms. The lowest BCUT2D eigenvalue weighted by molar-refractivity contribution is 0.176. The Morgan fingerprint density at radius 1 is 1.26 bits per heavy atom. The van der Waals surface area contributed by atoms with Gasteiger partial charge in [0.2, 0.25) is 0 Å². The van der Waals surface area contributed by atoms with Gasteiger partial charge in [-0.15, -0.1) is 35.3 Å². The summed E-state index contributed by atoms with van der Waals surface area (Å²) < 4.78 is 27.0. The van der Waals surface area contributed by atoms with Crippen LogP contribution in [-0.2, 0) is 19.4 Å². The van der Waals surface area contributed by atoms with Gasteiger partial charge >= 0.3 is 0 Å². The topological polar surface area (TPSA) is 52.6 Å². The van der Waals surface area contributed by atoms with Gasteiger partial charge in [0.25, 0.3) is 0 Å². The first-order valence-electron chi connectivity index (χ1n) is 10.6. The van der Waals surface area contributed by atoms with E-state index in [0.29, 0.717) is 30.4 Å². The van der Waals surface area contributed by atoms with Gasteiger partial charge < -0.3 is 10.6 Å². The lowest BCUT2D eigenvalue weighted by atomic mass is 9.97. The van der Waals surface area contributed by atoms with E-state index in [9.17, 15) is 8.78 Å². The monoisotopic (exact) mass is 563 g/mol. The molecule has 1 aliphatic rings. The van der Waals surface area contributed by atoms with E-state index >= 15 is 0 Å². The maximum atomic E-state index is 13.7. The van der Waals surface area contributed by atoms with Crippen molar-refractivity contribution in [2.45, 2.75) is 39.2 Å². The van der Waals surface area contributed by atoms with Gasteiger partial charge in [0.15, 0.2) is 5.96 Å². The van der Waals surface area contributed by atoms with Crippen LogP contribution in [-0.4, -0.2) is 49.1 Å². The SMILES string of the molecule is CCc1nc(CN2CCC(CNC(=NC)NCCc3cc(F)ccc3F)CC2)cs1.I. The summed E-state index contributed by atoms with van der Waals surface area (Å²) in [5, 5.41) is 9.94. The molecule has 2 heterocycles. The highest BCUT2D eigenvalue weighted by atomic mass is 127. The summed E-state index contributed by atoms with van der Waals surface area (Å²) in [7, 11) is 1.72. The van der Waals surface area contributed by atoms with Gasteiger partial charge in [0.1, 0.15) is 11.6 Å². The number of nitrogens with zero attached hydrogens (tertiary/aromatic N) is 3. The van der Waals surface area contributed by atoms with Crippen LogP contribution in [0.5, 0.6) is 0 Å². The Morgan fingerprint density at radius 3 is 2.71 bits per heavy atom. The molecule has 1 aliphatic heterocycles. The van der Waals surface area contributed by atoms with E-state index in [0.717, 1.165) is 51.5 Å². The number of aliphatic imine (C=N–C) groups is 1. The molecule has 0 aliphatic carbocycles. The molecule has 172 valence electrons. The first-order valence-corrected chi connectivity index (χ1v) is 11.5. The number of aromatic nitrogens is 1. The largest absolute Gasteiger partial charge is 0.356 e. The van der Waals surface area contributed by atoms with Crippen LogP contribution in [0.4, 0.5) is 8.78 Å². The van der Waals surface area contributed by atoms with E-state index in [1.54, 1.807) is 18.4 Å². The van der Waals surface area contributed by atoms with Crippen LogP contribution >= 0.6 is 35.3 Å². The Bertz CT molecular complexity index is 837. The second kappa shape index (κ2) is 13.3. The molecule has 1 aromatic heterocycles. The van der Waals surface area contributed by atoms with E-state index in [4.69, 9.17) is 0 Å². The molecule has 1 fully saturated rings. The van der Waals surface area contributed by atoms with Gasteiger partial charge in [-0.1, -0.05) is 6.92 Å². The third-order valence-corrected chi connectivity index (χ3v) is 6.51. The summed E-state index contributed by atoms with van der Waals surface area (Å²) >= 11 is 1.75. The Kier molecular flexibility index (Phi) is 11.1. The number of halogens is 3. The van der Waals surface area contributed by atoms with Crippen molar-refractivity contribution in [3.05, 3.63) is 51.5 Å². The second-order valence-corrected chi connectivity index (χ2v) is 8.61. The minimum Gasteiger partial charge on any atom is -0.356 e. The Balaban J connectivity index is 0.00000341. The van der Waals surface area contributed by atoms with Gasteiger partial charge in [-0.3, -0.25) is 9.89 Å². The van der Waals surface area contributed by atoms with Crippen molar-refractivity contribution in [3.8, 4) is 0 Å². The molecule has 0 atom stereocenters. The lowest BCUT2D eigenvalue weighted by Gasteiger charge is -2.31. The highest BCUT2D eigenvalue weighted by Gasteiger charge is 2.20. The van der Waals surface area contributed by atoms with Crippen LogP contribution in [0, 0.1) is 17.6 Å². The first kappa shape index (κ1) is 25.9. The zero-order chi connectivity index (χ0) is 21.3. The van der Waals surface area contributed by atoms with E-state index in [1.807, 2.05) is 0 Å². The number of thiazole rings is 1. The van der Waals surface area contributed by atoms with Gasteiger partial charge in [-0.25, -0.2) is 13.8 Å². The Labute approximate surface area is 204 Å². The summed E-state index contributed by atoms with van der Waals surface area (Å²) in [6, 6.07) is 3.55. The Morgan fingerprint density at radius 2 is 2.03 bits per heavy atom. The third-order valence-electron chi connectivity index (χ3n) is 5.47. The smallest absolute Gasteiger partial charge is 0.190 e. The normalized spacial score (nSPS) is 15.5. The van der Waals surface area contributed by atoms with Crippen LogP contribution in [0.15, 0.2) is 28.6 Å². The van der Waals surface area contributed by atoms with Crippen LogP contribution in [0.25, 0.3) is 0 Å². The third kappa shape index (κ3) is 8.27. The van der Waals surface area contributed by atoms with Crippen LogP contribution in [0.3, 0.4) is 0 Å². The fourth-order valence-electron chi connectivity index (χ4n) is 3.67. The predicted octanol–water partition coefficient (Wildman–Crippen LogP) is 4.22. The highest BCUT2D eigenvalue weighted by Crippen LogP contribution is 2.19. The molecule has 2 aromatic rings. The second-order valence-electron chi connectivity index (χ2n) is 7.67. The molecule has 0 radical (unpaired) electrons. The molecule has 31 heavy (non-hydrogen) atoms. The molecule has 1 saturated heterocycles. The molecule has 0 spiro atoms. The minimum absolute atomic E-state index is 0. The van der Waals surface area contributed by atoms with Gasteiger partial charge in [0.05, 0.1) is 10.7 Å². The number of hydrogen-bond donors (Lipinski definition) is 2. The number of nitrogens with one attached hydrogen (secondary N) is 2. The maximum Gasteiger partial charge on any atom is 0.190 e. The van der Waals surface area contributed by atoms with Gasteiger partial charge in [0, 0.05) is 32.1 Å². The molecule has 3 rings (SSSR count). The first-order chi connectivity index (χ1) is 14.6. The summed E-state index contributed by atoms with van der Waals surface area (Å²) in [5.74, 6) is 0.503.